The minimum absolute atomic E-state index is 0.625. The maximum absolute atomic E-state index is 6.44. The maximum Gasteiger partial charge on any atom is 0.170 e. The summed E-state index contributed by atoms with van der Waals surface area (Å²) in [7, 11) is 0. The molecule has 0 aromatic heterocycles. The van der Waals surface area contributed by atoms with Crippen molar-refractivity contribution in [1.82, 2.24) is 4.90 Å². The van der Waals surface area contributed by atoms with Crippen LogP contribution in [0, 0.1) is 0 Å². The molecule has 2 aromatic rings. The number of hydrogen-bond acceptors (Lipinski definition) is 4. The second-order valence-electron chi connectivity index (χ2n) is 6.40. The predicted molar refractivity (Wildman–Crippen MR) is 101 cm³/mol. The zero-order valence-corrected chi connectivity index (χ0v) is 14.5. The topological polar surface area (TPSA) is 28.1 Å². The molecule has 0 amide bonds. The average Bonchev–Trinajstić information content (AvgIpc) is 3.31. The third-order valence-electron chi connectivity index (χ3n) is 4.85. The molecular weight excluding hydrogens is 334 g/mol. The molecule has 0 aliphatic carbocycles. The second-order valence-corrected chi connectivity index (χ2v) is 6.80. The minimum Gasteiger partial charge on any atom is -0.451 e. The highest BCUT2D eigenvalue weighted by molar-refractivity contribution is 6.32. The van der Waals surface area contributed by atoms with E-state index in [1.165, 1.54) is 5.84 Å². The number of amidine groups is 1. The predicted octanol–water partition coefficient (Wildman–Crippen LogP) is 5.32. The fraction of sp³-hybridized carbons (Fsp3) is 0.250. The van der Waals surface area contributed by atoms with Gasteiger partial charge in [0, 0.05) is 19.5 Å². The largest absolute Gasteiger partial charge is 0.451 e. The Balaban J connectivity index is 1.67. The number of fused-ring (bicyclic) bond motifs is 2. The van der Waals surface area contributed by atoms with Crippen molar-refractivity contribution in [3.05, 3.63) is 59.4 Å². The van der Waals surface area contributed by atoms with E-state index in [-0.39, 0.29) is 0 Å². The van der Waals surface area contributed by atoms with Crippen LogP contribution in [-0.4, -0.2) is 23.8 Å². The highest BCUT2D eigenvalue weighted by atomic mass is 35.5. The third-order valence-corrected chi connectivity index (χ3v) is 5.15. The van der Waals surface area contributed by atoms with Gasteiger partial charge in [0.2, 0.25) is 0 Å². The summed E-state index contributed by atoms with van der Waals surface area (Å²) in [6.45, 7) is 1.91. The molecule has 0 atom stereocenters. The molecule has 5 rings (SSSR count). The summed E-state index contributed by atoms with van der Waals surface area (Å²) in [5.41, 5.74) is 2.01. The first-order valence-corrected chi connectivity index (χ1v) is 9.07. The van der Waals surface area contributed by atoms with Crippen LogP contribution in [0.4, 0.5) is 11.4 Å². The molecule has 5 heteroatoms. The van der Waals surface area contributed by atoms with Crippen LogP contribution >= 0.6 is 11.6 Å². The fourth-order valence-corrected chi connectivity index (χ4v) is 3.96. The van der Waals surface area contributed by atoms with Crippen LogP contribution in [0.5, 0.6) is 11.5 Å². The Morgan fingerprint density at radius 3 is 2.80 bits per heavy atom. The van der Waals surface area contributed by atoms with Gasteiger partial charge >= 0.3 is 0 Å². The minimum atomic E-state index is 0.625. The molecule has 0 bridgehead atoms. The van der Waals surface area contributed by atoms with Gasteiger partial charge in [-0.3, -0.25) is 9.89 Å². The molecule has 126 valence electrons. The summed E-state index contributed by atoms with van der Waals surface area (Å²) < 4.78 is 6.11. The Bertz CT molecular complexity index is 906. The molecule has 0 saturated carbocycles. The first-order valence-electron chi connectivity index (χ1n) is 8.69. The molecule has 0 fully saturated rings. The maximum atomic E-state index is 6.44. The van der Waals surface area contributed by atoms with E-state index in [9.17, 15) is 0 Å². The van der Waals surface area contributed by atoms with Gasteiger partial charge in [0.25, 0.3) is 0 Å². The average molecular weight is 352 g/mol. The highest BCUT2D eigenvalue weighted by Crippen LogP contribution is 2.51. The second kappa shape index (κ2) is 5.81. The van der Waals surface area contributed by atoms with E-state index >= 15 is 0 Å². The summed E-state index contributed by atoms with van der Waals surface area (Å²) >= 11 is 6.44. The standard InChI is InChI=1S/C20H18ClN3O/c21-14-6-3-8-16-20(14)25-17-9-2-1-7-15(17)24(16)19-11-5-13-23(19)18-10-4-12-22-18/h1-3,6-9,11H,4-5,10,12-13H2. The lowest BCUT2D eigenvalue weighted by atomic mass is 10.1. The van der Waals surface area contributed by atoms with Crippen molar-refractivity contribution in [2.24, 2.45) is 4.99 Å². The van der Waals surface area contributed by atoms with Gasteiger partial charge in [-0.1, -0.05) is 29.8 Å². The van der Waals surface area contributed by atoms with Gasteiger partial charge in [-0.05, 0) is 43.2 Å². The Kier molecular flexibility index (Phi) is 3.45. The van der Waals surface area contributed by atoms with Crippen molar-refractivity contribution in [2.45, 2.75) is 19.3 Å². The highest BCUT2D eigenvalue weighted by Gasteiger charge is 2.33. The molecule has 25 heavy (non-hydrogen) atoms. The lowest BCUT2D eigenvalue weighted by molar-refractivity contribution is 0.468. The first kappa shape index (κ1) is 14.8. The van der Waals surface area contributed by atoms with Crippen LogP contribution in [0.2, 0.25) is 5.02 Å². The number of halogens is 1. The Hall–Kier alpha value is -2.46. The molecule has 3 aliphatic heterocycles. The molecular formula is C20H18ClN3O. The van der Waals surface area contributed by atoms with E-state index < -0.39 is 0 Å². The van der Waals surface area contributed by atoms with E-state index in [0.717, 1.165) is 55.3 Å². The molecule has 0 spiro atoms. The molecule has 3 heterocycles. The number of ether oxygens (including phenoxy) is 1. The fourth-order valence-electron chi connectivity index (χ4n) is 3.75. The Morgan fingerprint density at radius 1 is 1.04 bits per heavy atom. The number of anilines is 2. The van der Waals surface area contributed by atoms with Crippen molar-refractivity contribution >= 4 is 28.8 Å². The van der Waals surface area contributed by atoms with Crippen LogP contribution in [-0.2, 0) is 0 Å². The number of rotatable bonds is 1. The summed E-state index contributed by atoms with van der Waals surface area (Å²) in [6, 6.07) is 14.0. The van der Waals surface area contributed by atoms with Crippen LogP contribution in [0.3, 0.4) is 0 Å². The summed E-state index contributed by atoms with van der Waals surface area (Å²) in [4.78, 5) is 9.31. The Morgan fingerprint density at radius 2 is 1.92 bits per heavy atom. The number of nitrogens with zero attached hydrogens (tertiary/aromatic N) is 3. The number of aliphatic imine (C=N–C) groups is 1. The van der Waals surface area contributed by atoms with Crippen LogP contribution in [0.25, 0.3) is 0 Å². The smallest absolute Gasteiger partial charge is 0.170 e. The van der Waals surface area contributed by atoms with Gasteiger partial charge in [0.1, 0.15) is 11.7 Å². The van der Waals surface area contributed by atoms with Crippen LogP contribution in [0.15, 0.2) is 59.4 Å². The quantitative estimate of drug-likeness (QED) is 0.695. The van der Waals surface area contributed by atoms with E-state index in [2.05, 4.69) is 28.0 Å². The zero-order chi connectivity index (χ0) is 16.8. The van der Waals surface area contributed by atoms with E-state index in [4.69, 9.17) is 21.3 Å². The lowest BCUT2D eigenvalue weighted by Gasteiger charge is -2.37. The van der Waals surface area contributed by atoms with Crippen molar-refractivity contribution in [3.8, 4) is 11.5 Å². The Labute approximate surface area is 152 Å². The van der Waals surface area contributed by atoms with Gasteiger partial charge in [-0.25, -0.2) is 0 Å². The monoisotopic (exact) mass is 351 g/mol. The van der Waals surface area contributed by atoms with E-state index in [1.807, 2.05) is 30.3 Å². The summed E-state index contributed by atoms with van der Waals surface area (Å²) in [5, 5.41) is 0.625. The van der Waals surface area contributed by atoms with Crippen LogP contribution < -0.4 is 9.64 Å². The SMILES string of the molecule is Clc1cccc2c1Oc1ccccc1N2C1=CCCN1C1=NCCC1. The summed E-state index contributed by atoms with van der Waals surface area (Å²) in [5.74, 6) is 3.88. The summed E-state index contributed by atoms with van der Waals surface area (Å²) in [6.07, 6.45) is 5.49. The molecule has 0 unspecified atom stereocenters. The van der Waals surface area contributed by atoms with E-state index in [1.54, 1.807) is 0 Å². The van der Waals surface area contributed by atoms with Gasteiger partial charge in [-0.15, -0.1) is 0 Å². The van der Waals surface area contributed by atoms with E-state index in [0.29, 0.717) is 10.8 Å². The number of benzene rings is 2. The molecule has 0 radical (unpaired) electrons. The third kappa shape index (κ3) is 2.32. The first-order chi connectivity index (χ1) is 12.3. The molecule has 2 aromatic carbocycles. The van der Waals surface area contributed by atoms with Crippen molar-refractivity contribution in [3.63, 3.8) is 0 Å². The zero-order valence-electron chi connectivity index (χ0n) is 13.8. The number of hydrogen-bond donors (Lipinski definition) is 0. The van der Waals surface area contributed by atoms with Gasteiger partial charge < -0.3 is 9.64 Å². The van der Waals surface area contributed by atoms with Gasteiger partial charge in [0.05, 0.1) is 16.4 Å². The van der Waals surface area contributed by atoms with Gasteiger partial charge in [0.15, 0.2) is 11.5 Å². The van der Waals surface area contributed by atoms with Crippen molar-refractivity contribution in [2.75, 3.05) is 18.0 Å². The van der Waals surface area contributed by atoms with Crippen LogP contribution in [0.1, 0.15) is 19.3 Å². The molecule has 0 saturated heterocycles. The van der Waals surface area contributed by atoms with Gasteiger partial charge in [-0.2, -0.15) is 0 Å². The normalized spacial score (nSPS) is 18.4. The molecule has 3 aliphatic rings. The van der Waals surface area contributed by atoms with Crippen molar-refractivity contribution in [1.29, 1.82) is 0 Å². The molecule has 4 nitrogen and oxygen atoms in total. The van der Waals surface area contributed by atoms with Crippen molar-refractivity contribution < 1.29 is 4.74 Å². The lowest BCUT2D eigenvalue weighted by Crippen LogP contribution is -2.35. The number of para-hydroxylation sites is 3. The molecule has 0 N–H and O–H groups in total.